The number of rotatable bonds is 3. The van der Waals surface area contributed by atoms with Gasteiger partial charge < -0.3 is 5.32 Å². The molecule has 1 N–H and O–H groups in total. The maximum atomic E-state index is 5.52. The monoisotopic (exact) mass is 271 g/mol. The second-order valence-electron chi connectivity index (χ2n) is 5.16. The van der Waals surface area contributed by atoms with E-state index in [2.05, 4.69) is 36.2 Å². The van der Waals surface area contributed by atoms with E-state index in [0.29, 0.717) is 0 Å². The minimum atomic E-state index is 0.193. The summed E-state index contributed by atoms with van der Waals surface area (Å²) in [7, 11) is 0. The molecule has 0 saturated carbocycles. The fraction of sp³-hybridized carbons (Fsp3) is 0.471. The number of thiocarbonyl (C=S) groups is 1. The van der Waals surface area contributed by atoms with E-state index >= 15 is 0 Å². The van der Waals surface area contributed by atoms with Gasteiger partial charge in [-0.05, 0) is 37.8 Å². The lowest BCUT2D eigenvalue weighted by Crippen LogP contribution is -2.44. The molecule has 1 aliphatic heterocycles. The van der Waals surface area contributed by atoms with Crippen LogP contribution in [0.5, 0.6) is 0 Å². The summed E-state index contributed by atoms with van der Waals surface area (Å²) in [4.78, 5) is 1.06. The predicted octanol–water partition coefficient (Wildman–Crippen LogP) is 3.93. The lowest BCUT2D eigenvalue weighted by Gasteiger charge is -2.37. The average Bonchev–Trinajstić information content (AvgIpc) is 2.47. The zero-order valence-electron chi connectivity index (χ0n) is 11.5. The zero-order valence-corrected chi connectivity index (χ0v) is 12.4. The molecule has 100 valence electrons. The van der Waals surface area contributed by atoms with Crippen molar-refractivity contribution in [2.75, 3.05) is 6.54 Å². The molecule has 1 atom stereocenters. The smallest absolute Gasteiger partial charge is 0.0816 e. The Balaban J connectivity index is 1.94. The molecule has 0 amide bonds. The molecule has 1 heterocycles. The molecule has 0 bridgehead atoms. The highest BCUT2D eigenvalue weighted by atomic mass is 32.1. The van der Waals surface area contributed by atoms with Crippen LogP contribution in [0.25, 0.3) is 0 Å². The van der Waals surface area contributed by atoms with Crippen LogP contribution in [-0.4, -0.2) is 11.5 Å². The minimum Gasteiger partial charge on any atom is -0.379 e. The third-order valence-electron chi connectivity index (χ3n) is 4.01. The van der Waals surface area contributed by atoms with Crippen molar-refractivity contribution in [3.8, 4) is 11.8 Å². The quantitative estimate of drug-likeness (QED) is 0.660. The van der Waals surface area contributed by atoms with Crippen LogP contribution in [-0.2, 0) is 0 Å². The Bertz CT molecular complexity index is 483. The van der Waals surface area contributed by atoms with Crippen molar-refractivity contribution in [2.24, 2.45) is 5.41 Å². The summed E-state index contributed by atoms with van der Waals surface area (Å²) >= 11 is 5.52. The van der Waals surface area contributed by atoms with Gasteiger partial charge in [-0.1, -0.05) is 49.2 Å². The Morgan fingerprint density at radius 2 is 2.11 bits per heavy atom. The van der Waals surface area contributed by atoms with Gasteiger partial charge in [0.15, 0.2) is 0 Å². The van der Waals surface area contributed by atoms with Gasteiger partial charge in [-0.25, -0.2) is 0 Å². The molecule has 0 radical (unpaired) electrons. The number of nitrogens with one attached hydrogen (secondary N) is 1. The van der Waals surface area contributed by atoms with Crippen LogP contribution >= 0.6 is 12.2 Å². The van der Waals surface area contributed by atoms with E-state index in [0.717, 1.165) is 36.4 Å². The van der Waals surface area contributed by atoms with Crippen molar-refractivity contribution in [3.63, 3.8) is 0 Å². The van der Waals surface area contributed by atoms with Crippen molar-refractivity contribution in [1.82, 2.24) is 5.32 Å². The molecule has 0 aromatic heterocycles. The van der Waals surface area contributed by atoms with Gasteiger partial charge in [-0.15, -0.1) is 0 Å². The van der Waals surface area contributed by atoms with Crippen LogP contribution in [0, 0.1) is 17.3 Å². The maximum Gasteiger partial charge on any atom is 0.0816 e. The lowest BCUT2D eigenvalue weighted by molar-refractivity contribution is 0.313. The van der Waals surface area contributed by atoms with E-state index in [-0.39, 0.29) is 5.41 Å². The topological polar surface area (TPSA) is 12.0 Å². The molecule has 1 aromatic carbocycles. The molecule has 2 rings (SSSR count). The summed E-state index contributed by atoms with van der Waals surface area (Å²) < 4.78 is 0. The molecule has 1 saturated heterocycles. The Morgan fingerprint density at radius 1 is 1.32 bits per heavy atom. The van der Waals surface area contributed by atoms with Gasteiger partial charge in [-0.3, -0.25) is 0 Å². The van der Waals surface area contributed by atoms with E-state index in [4.69, 9.17) is 12.2 Å². The van der Waals surface area contributed by atoms with Crippen LogP contribution in [0.1, 0.15) is 44.6 Å². The van der Waals surface area contributed by atoms with Crippen molar-refractivity contribution in [1.29, 1.82) is 0 Å². The summed E-state index contributed by atoms with van der Waals surface area (Å²) in [6, 6.07) is 10.2. The summed E-state index contributed by atoms with van der Waals surface area (Å²) in [5.41, 5.74) is 1.29. The standard InChI is InChI=1S/C17H21NS/c1-2-17(13-8-14-18-16(17)19)12-7-6-11-15-9-4-3-5-10-15/h3-5,9-10H,2,7-8,12-14H2,1H3,(H,18,19). The molecule has 0 aliphatic carbocycles. The molecule has 19 heavy (non-hydrogen) atoms. The molecular weight excluding hydrogens is 250 g/mol. The van der Waals surface area contributed by atoms with Gasteiger partial charge in [0.05, 0.1) is 4.99 Å². The van der Waals surface area contributed by atoms with E-state index < -0.39 is 0 Å². The predicted molar refractivity (Wildman–Crippen MR) is 85.1 cm³/mol. The summed E-state index contributed by atoms with van der Waals surface area (Å²) in [5.74, 6) is 6.52. The normalized spacial score (nSPS) is 22.3. The van der Waals surface area contributed by atoms with E-state index in [9.17, 15) is 0 Å². The second-order valence-corrected chi connectivity index (χ2v) is 5.57. The number of piperidine rings is 1. The summed E-state index contributed by atoms with van der Waals surface area (Å²) in [5, 5.41) is 3.37. The van der Waals surface area contributed by atoms with Gasteiger partial charge in [0, 0.05) is 23.9 Å². The van der Waals surface area contributed by atoms with E-state index in [1.165, 1.54) is 12.8 Å². The summed E-state index contributed by atoms with van der Waals surface area (Å²) in [6.07, 6.45) is 5.55. The molecule has 0 spiro atoms. The molecule has 1 aromatic rings. The number of benzene rings is 1. The molecule has 1 nitrogen and oxygen atoms in total. The van der Waals surface area contributed by atoms with Crippen molar-refractivity contribution < 1.29 is 0 Å². The fourth-order valence-corrected chi connectivity index (χ4v) is 3.12. The Hall–Kier alpha value is -1.33. The van der Waals surface area contributed by atoms with Crippen molar-refractivity contribution >= 4 is 17.2 Å². The van der Waals surface area contributed by atoms with E-state index in [1.54, 1.807) is 0 Å². The first-order valence-electron chi connectivity index (χ1n) is 7.09. The van der Waals surface area contributed by atoms with Gasteiger partial charge in [0.25, 0.3) is 0 Å². The maximum absolute atomic E-state index is 5.52. The third kappa shape index (κ3) is 3.58. The lowest BCUT2D eigenvalue weighted by atomic mass is 9.75. The average molecular weight is 271 g/mol. The first kappa shape index (κ1) is 14.1. The highest BCUT2D eigenvalue weighted by molar-refractivity contribution is 7.80. The van der Waals surface area contributed by atoms with E-state index in [1.807, 2.05) is 18.2 Å². The Kier molecular flexibility index (Phi) is 4.99. The third-order valence-corrected chi connectivity index (χ3v) is 4.59. The summed E-state index contributed by atoms with van der Waals surface area (Å²) in [6.45, 7) is 3.28. The molecule has 1 fully saturated rings. The Labute approximate surface area is 121 Å². The van der Waals surface area contributed by atoms with Crippen molar-refractivity contribution in [2.45, 2.75) is 39.0 Å². The van der Waals surface area contributed by atoms with Crippen LogP contribution in [0.2, 0.25) is 0 Å². The highest BCUT2D eigenvalue weighted by Crippen LogP contribution is 2.36. The van der Waals surface area contributed by atoms with Crippen LogP contribution in [0.4, 0.5) is 0 Å². The Morgan fingerprint density at radius 3 is 2.79 bits per heavy atom. The highest BCUT2D eigenvalue weighted by Gasteiger charge is 2.34. The zero-order chi connectivity index (χ0) is 13.6. The van der Waals surface area contributed by atoms with Gasteiger partial charge in [0.2, 0.25) is 0 Å². The second kappa shape index (κ2) is 6.73. The first-order valence-corrected chi connectivity index (χ1v) is 7.50. The van der Waals surface area contributed by atoms with Crippen LogP contribution in [0.3, 0.4) is 0 Å². The molecule has 1 aliphatic rings. The molecular formula is C17H21NS. The van der Waals surface area contributed by atoms with Crippen molar-refractivity contribution in [3.05, 3.63) is 35.9 Å². The van der Waals surface area contributed by atoms with Gasteiger partial charge in [-0.2, -0.15) is 0 Å². The van der Waals surface area contributed by atoms with Crippen LogP contribution in [0.15, 0.2) is 30.3 Å². The van der Waals surface area contributed by atoms with Crippen LogP contribution < -0.4 is 5.32 Å². The molecule has 2 heteroatoms. The minimum absolute atomic E-state index is 0.193. The van der Waals surface area contributed by atoms with Gasteiger partial charge >= 0.3 is 0 Å². The first-order chi connectivity index (χ1) is 9.27. The fourth-order valence-electron chi connectivity index (χ4n) is 2.67. The number of hydrogen-bond donors (Lipinski definition) is 1. The molecule has 1 unspecified atom stereocenters. The number of hydrogen-bond acceptors (Lipinski definition) is 1. The van der Waals surface area contributed by atoms with Gasteiger partial charge in [0.1, 0.15) is 0 Å². The largest absolute Gasteiger partial charge is 0.379 e. The SMILES string of the molecule is CCC1(CCC#Cc2ccccc2)CCCNC1=S.